The van der Waals surface area contributed by atoms with Gasteiger partial charge in [0.2, 0.25) is 5.91 Å². The molecule has 2 aromatic carbocycles. The van der Waals surface area contributed by atoms with Crippen LogP contribution in [0.1, 0.15) is 16.5 Å². The Balaban J connectivity index is 2.06. The lowest BCUT2D eigenvalue weighted by molar-refractivity contribution is -0.115. The van der Waals surface area contributed by atoms with Crippen molar-refractivity contribution in [3.63, 3.8) is 0 Å². The van der Waals surface area contributed by atoms with Crippen LogP contribution in [0.5, 0.6) is 5.75 Å². The summed E-state index contributed by atoms with van der Waals surface area (Å²) >= 11 is 11.3. The summed E-state index contributed by atoms with van der Waals surface area (Å²) in [6.45, 7) is 1.95. The van der Waals surface area contributed by atoms with Gasteiger partial charge < -0.3 is 4.74 Å². The first-order valence-corrected chi connectivity index (χ1v) is 9.26. The molecule has 0 radical (unpaired) electrons. The van der Waals surface area contributed by atoms with Crippen LogP contribution in [-0.4, -0.2) is 18.8 Å². The number of halogens is 2. The van der Waals surface area contributed by atoms with Crippen molar-refractivity contribution in [1.29, 1.82) is 0 Å². The third kappa shape index (κ3) is 3.23. The van der Waals surface area contributed by atoms with Crippen molar-refractivity contribution < 1.29 is 9.53 Å². The number of carbonyl (C=O) groups excluding carboxylic acids is 1. The first-order chi connectivity index (χ1) is 11.0. The molecule has 3 rings (SSSR count). The molecule has 0 aliphatic carbocycles. The molecule has 2 aromatic rings. The number of hydrogen-bond acceptors (Lipinski definition) is 3. The predicted molar refractivity (Wildman–Crippen MR) is 99.6 cm³/mol. The van der Waals surface area contributed by atoms with Crippen molar-refractivity contribution in [3.05, 3.63) is 57.0 Å². The van der Waals surface area contributed by atoms with Crippen LogP contribution in [0.4, 0.5) is 5.69 Å². The van der Waals surface area contributed by atoms with Gasteiger partial charge in [-0.3, -0.25) is 9.69 Å². The fraction of sp³-hybridized carbons (Fsp3) is 0.235. The van der Waals surface area contributed by atoms with Crippen LogP contribution < -0.4 is 9.64 Å². The minimum Gasteiger partial charge on any atom is -0.496 e. The maximum atomic E-state index is 12.4. The van der Waals surface area contributed by atoms with E-state index in [1.54, 1.807) is 23.8 Å². The van der Waals surface area contributed by atoms with Gasteiger partial charge in [0.1, 0.15) is 11.1 Å². The molecule has 0 N–H and O–H groups in total. The van der Waals surface area contributed by atoms with Crippen molar-refractivity contribution in [1.82, 2.24) is 0 Å². The Labute approximate surface area is 153 Å². The first-order valence-electron chi connectivity index (χ1n) is 7.04. The molecule has 120 valence electrons. The number of anilines is 1. The zero-order valence-corrected chi connectivity index (χ0v) is 15.8. The molecule has 1 unspecified atom stereocenters. The highest BCUT2D eigenvalue weighted by atomic mass is 79.9. The molecule has 23 heavy (non-hydrogen) atoms. The molecule has 1 saturated heterocycles. The number of nitrogens with zero attached hydrogens (tertiary/aromatic N) is 1. The van der Waals surface area contributed by atoms with Crippen LogP contribution in [0.15, 0.2) is 40.9 Å². The van der Waals surface area contributed by atoms with Gasteiger partial charge in [0.25, 0.3) is 0 Å². The number of methoxy groups -OCH3 is 1. The predicted octanol–water partition coefficient (Wildman–Crippen LogP) is 5.20. The molecule has 0 bridgehead atoms. The van der Waals surface area contributed by atoms with E-state index in [1.807, 2.05) is 43.3 Å². The van der Waals surface area contributed by atoms with E-state index < -0.39 is 0 Å². The molecule has 1 aliphatic rings. The van der Waals surface area contributed by atoms with Gasteiger partial charge in [-0.25, -0.2) is 0 Å². The summed E-state index contributed by atoms with van der Waals surface area (Å²) in [7, 11) is 1.64. The maximum absolute atomic E-state index is 12.4. The van der Waals surface area contributed by atoms with Crippen molar-refractivity contribution in [2.45, 2.75) is 12.3 Å². The molecule has 1 fully saturated rings. The fourth-order valence-electron chi connectivity index (χ4n) is 2.56. The number of thioether (sulfide) groups is 1. The zero-order valence-electron chi connectivity index (χ0n) is 12.7. The minimum atomic E-state index is -0.131. The smallest absolute Gasteiger partial charge is 0.238 e. The van der Waals surface area contributed by atoms with Crippen molar-refractivity contribution in [2.75, 3.05) is 17.8 Å². The third-order valence-corrected chi connectivity index (χ3v) is 5.85. The summed E-state index contributed by atoms with van der Waals surface area (Å²) < 4.78 is 6.43. The number of carbonyl (C=O) groups is 1. The quantitative estimate of drug-likeness (QED) is 0.694. The lowest BCUT2D eigenvalue weighted by Gasteiger charge is -2.26. The first kappa shape index (κ1) is 16.7. The molecule has 0 spiro atoms. The summed E-state index contributed by atoms with van der Waals surface area (Å²) in [6.07, 6.45) is 0. The fourth-order valence-corrected chi connectivity index (χ4v) is 4.31. The van der Waals surface area contributed by atoms with Gasteiger partial charge in [-0.1, -0.05) is 33.6 Å². The third-order valence-electron chi connectivity index (χ3n) is 3.76. The van der Waals surface area contributed by atoms with Gasteiger partial charge in [-0.05, 0) is 42.8 Å². The van der Waals surface area contributed by atoms with Crippen LogP contribution in [0, 0.1) is 6.92 Å². The summed E-state index contributed by atoms with van der Waals surface area (Å²) in [5.41, 5.74) is 2.77. The van der Waals surface area contributed by atoms with Crippen molar-refractivity contribution in [2.24, 2.45) is 0 Å². The highest BCUT2D eigenvalue weighted by Crippen LogP contribution is 2.46. The van der Waals surface area contributed by atoms with Crippen LogP contribution in [0.3, 0.4) is 0 Å². The molecule has 1 atom stereocenters. The molecule has 6 heteroatoms. The Kier molecular flexibility index (Phi) is 4.90. The van der Waals surface area contributed by atoms with Gasteiger partial charge >= 0.3 is 0 Å². The van der Waals surface area contributed by atoms with Gasteiger partial charge in [0.15, 0.2) is 0 Å². The van der Waals surface area contributed by atoms with Crippen molar-refractivity contribution >= 4 is 50.9 Å². The summed E-state index contributed by atoms with van der Waals surface area (Å²) in [5, 5.41) is 0.529. The van der Waals surface area contributed by atoms with E-state index in [2.05, 4.69) is 15.9 Å². The number of aryl methyl sites for hydroxylation is 1. The average molecular weight is 413 g/mol. The molecule has 1 aliphatic heterocycles. The lowest BCUT2D eigenvalue weighted by atomic mass is 10.1. The Bertz CT molecular complexity index is 768. The van der Waals surface area contributed by atoms with E-state index in [1.165, 1.54) is 0 Å². The number of rotatable bonds is 3. The second-order valence-corrected chi connectivity index (χ2v) is 7.64. The van der Waals surface area contributed by atoms with E-state index in [0.717, 1.165) is 27.0 Å². The Morgan fingerprint density at radius 1 is 1.30 bits per heavy atom. The average Bonchev–Trinajstić information content (AvgIpc) is 2.91. The molecule has 1 heterocycles. The molecule has 1 amide bonds. The van der Waals surface area contributed by atoms with Gasteiger partial charge in [-0.2, -0.15) is 0 Å². The standard InChI is InChI=1S/C17H15BrClNO2S/c1-10-3-5-12(8-14(10)19)20-16(21)9-23-17(20)13-7-11(18)4-6-15(13)22-2/h3-8,17H,9H2,1-2H3. The van der Waals surface area contributed by atoms with E-state index in [0.29, 0.717) is 10.8 Å². The SMILES string of the molecule is COc1ccc(Br)cc1C1SCC(=O)N1c1ccc(C)c(Cl)c1. The van der Waals surface area contributed by atoms with Gasteiger partial charge in [0, 0.05) is 20.7 Å². The monoisotopic (exact) mass is 411 g/mol. The lowest BCUT2D eigenvalue weighted by Crippen LogP contribution is -2.28. The second-order valence-electron chi connectivity index (χ2n) is 5.25. The maximum Gasteiger partial charge on any atom is 0.238 e. The van der Waals surface area contributed by atoms with E-state index >= 15 is 0 Å². The van der Waals surface area contributed by atoms with E-state index in [4.69, 9.17) is 16.3 Å². The summed E-state index contributed by atoms with van der Waals surface area (Å²) in [5.74, 6) is 1.27. The summed E-state index contributed by atoms with van der Waals surface area (Å²) in [6, 6.07) is 11.5. The number of ether oxygens (including phenoxy) is 1. The van der Waals surface area contributed by atoms with Gasteiger partial charge in [-0.15, -0.1) is 11.8 Å². The van der Waals surface area contributed by atoms with E-state index in [-0.39, 0.29) is 11.3 Å². The van der Waals surface area contributed by atoms with Crippen LogP contribution in [0.2, 0.25) is 5.02 Å². The number of amides is 1. The number of benzene rings is 2. The molecular formula is C17H15BrClNO2S. The second kappa shape index (κ2) is 6.75. The van der Waals surface area contributed by atoms with Gasteiger partial charge in [0.05, 0.1) is 12.9 Å². The van der Waals surface area contributed by atoms with E-state index in [9.17, 15) is 4.79 Å². The highest BCUT2D eigenvalue weighted by Gasteiger charge is 2.36. The Hall–Kier alpha value is -1.17. The Morgan fingerprint density at radius 2 is 2.09 bits per heavy atom. The topological polar surface area (TPSA) is 29.5 Å². The number of hydrogen-bond donors (Lipinski definition) is 0. The Morgan fingerprint density at radius 3 is 2.78 bits per heavy atom. The summed E-state index contributed by atoms with van der Waals surface area (Å²) in [4.78, 5) is 14.2. The highest BCUT2D eigenvalue weighted by molar-refractivity contribution is 9.10. The van der Waals surface area contributed by atoms with Crippen LogP contribution >= 0.6 is 39.3 Å². The molecular weight excluding hydrogens is 398 g/mol. The normalized spacial score (nSPS) is 17.7. The van der Waals surface area contributed by atoms with Crippen molar-refractivity contribution in [3.8, 4) is 5.75 Å². The minimum absolute atomic E-state index is 0.0712. The molecule has 0 saturated carbocycles. The largest absolute Gasteiger partial charge is 0.496 e. The van der Waals surface area contributed by atoms with Crippen LogP contribution in [-0.2, 0) is 4.79 Å². The van der Waals surface area contributed by atoms with Crippen LogP contribution in [0.25, 0.3) is 0 Å². The molecule has 3 nitrogen and oxygen atoms in total. The zero-order chi connectivity index (χ0) is 16.6. The molecule has 0 aromatic heterocycles.